The molecule has 6 heteroatoms. The second kappa shape index (κ2) is 3.38. The highest BCUT2D eigenvalue weighted by atomic mass is 35.5. The molecule has 0 aliphatic heterocycles. The van der Waals surface area contributed by atoms with Crippen LogP contribution in [0, 0.1) is 0 Å². The molecule has 2 aromatic rings. The predicted octanol–water partition coefficient (Wildman–Crippen LogP) is 3.30. The van der Waals surface area contributed by atoms with Crippen molar-refractivity contribution in [3.8, 4) is 0 Å². The zero-order valence-corrected chi connectivity index (χ0v) is 8.95. The Hall–Kier alpha value is -0.840. The first-order chi connectivity index (χ1) is 6.59. The van der Waals surface area contributed by atoms with E-state index in [2.05, 4.69) is 4.37 Å². The third-order valence-electron chi connectivity index (χ3n) is 1.69. The lowest BCUT2D eigenvalue weighted by molar-refractivity contribution is 0.0694. The maximum atomic E-state index is 10.8. The number of hydrogen-bond donors (Lipinski definition) is 1. The predicted molar refractivity (Wildman–Crippen MR) is 56.6 cm³/mol. The van der Waals surface area contributed by atoms with Crippen LogP contribution in [-0.2, 0) is 0 Å². The zero-order valence-electron chi connectivity index (χ0n) is 6.62. The molecule has 14 heavy (non-hydrogen) atoms. The van der Waals surface area contributed by atoms with E-state index in [0.29, 0.717) is 20.1 Å². The fourth-order valence-corrected chi connectivity index (χ4v) is 2.48. The van der Waals surface area contributed by atoms with Crippen LogP contribution in [0.1, 0.15) is 10.5 Å². The molecule has 0 saturated heterocycles. The minimum absolute atomic E-state index is 0.00519. The molecule has 1 heterocycles. The summed E-state index contributed by atoms with van der Waals surface area (Å²) >= 11 is 12.7. The molecule has 0 saturated carbocycles. The molecule has 0 bridgehead atoms. The lowest BCUT2D eigenvalue weighted by atomic mass is 10.2. The van der Waals surface area contributed by atoms with Gasteiger partial charge in [-0.15, -0.1) is 0 Å². The molecule has 1 aromatic carbocycles. The van der Waals surface area contributed by atoms with Crippen molar-refractivity contribution in [3.05, 3.63) is 27.9 Å². The summed E-state index contributed by atoms with van der Waals surface area (Å²) in [5.74, 6) is -1.07. The molecule has 0 fully saturated rings. The van der Waals surface area contributed by atoms with E-state index in [1.54, 1.807) is 12.1 Å². The molecule has 0 unspecified atom stereocenters. The molecule has 72 valence electrons. The first-order valence-corrected chi connectivity index (χ1v) is 5.10. The summed E-state index contributed by atoms with van der Waals surface area (Å²) in [6, 6.07) is 3.12. The Kier molecular flexibility index (Phi) is 2.34. The van der Waals surface area contributed by atoms with E-state index in [0.717, 1.165) is 11.5 Å². The van der Waals surface area contributed by atoms with E-state index in [1.807, 2.05) is 0 Å². The van der Waals surface area contributed by atoms with Crippen molar-refractivity contribution >= 4 is 50.8 Å². The van der Waals surface area contributed by atoms with Crippen LogP contribution >= 0.6 is 34.7 Å². The summed E-state index contributed by atoms with van der Waals surface area (Å²) in [5, 5.41) is 10.1. The SMILES string of the molecule is O=C(O)c1nsc2c(Cl)cc(Cl)cc12. The van der Waals surface area contributed by atoms with E-state index >= 15 is 0 Å². The van der Waals surface area contributed by atoms with Crippen LogP contribution in [0.4, 0.5) is 0 Å². The summed E-state index contributed by atoms with van der Waals surface area (Å²) in [4.78, 5) is 10.8. The van der Waals surface area contributed by atoms with E-state index in [-0.39, 0.29) is 5.69 Å². The Morgan fingerprint density at radius 2 is 2.14 bits per heavy atom. The first-order valence-electron chi connectivity index (χ1n) is 3.57. The Bertz CT molecular complexity index is 523. The molecule has 0 atom stereocenters. The summed E-state index contributed by atoms with van der Waals surface area (Å²) in [6.45, 7) is 0. The van der Waals surface area contributed by atoms with Crippen molar-refractivity contribution in [1.82, 2.24) is 4.37 Å². The van der Waals surface area contributed by atoms with Crippen LogP contribution in [0.15, 0.2) is 12.1 Å². The number of hydrogen-bond acceptors (Lipinski definition) is 3. The van der Waals surface area contributed by atoms with E-state index in [9.17, 15) is 4.79 Å². The topological polar surface area (TPSA) is 50.2 Å². The highest BCUT2D eigenvalue weighted by Gasteiger charge is 2.15. The van der Waals surface area contributed by atoms with E-state index in [1.165, 1.54) is 0 Å². The van der Waals surface area contributed by atoms with Gasteiger partial charge in [-0.3, -0.25) is 0 Å². The Balaban J connectivity index is 2.85. The van der Waals surface area contributed by atoms with Crippen LogP contribution in [0.2, 0.25) is 10.0 Å². The van der Waals surface area contributed by atoms with Gasteiger partial charge in [0, 0.05) is 10.4 Å². The molecule has 1 N–H and O–H groups in total. The number of fused-ring (bicyclic) bond motifs is 1. The Morgan fingerprint density at radius 3 is 2.79 bits per heavy atom. The van der Waals surface area contributed by atoms with E-state index in [4.69, 9.17) is 28.3 Å². The minimum Gasteiger partial charge on any atom is -0.476 e. The van der Waals surface area contributed by atoms with Crippen LogP contribution in [0.3, 0.4) is 0 Å². The number of carboxylic acid groups (broad SMARTS) is 1. The third kappa shape index (κ3) is 1.45. The van der Waals surface area contributed by atoms with Crippen molar-refractivity contribution in [2.45, 2.75) is 0 Å². The number of halogens is 2. The quantitative estimate of drug-likeness (QED) is 0.842. The van der Waals surface area contributed by atoms with Crippen molar-refractivity contribution < 1.29 is 9.90 Å². The molecular formula is C8H3Cl2NO2S. The minimum atomic E-state index is -1.07. The Morgan fingerprint density at radius 1 is 1.43 bits per heavy atom. The number of aromatic nitrogens is 1. The molecule has 1 aromatic heterocycles. The van der Waals surface area contributed by atoms with Crippen LogP contribution < -0.4 is 0 Å². The van der Waals surface area contributed by atoms with Crippen molar-refractivity contribution in [2.24, 2.45) is 0 Å². The monoisotopic (exact) mass is 247 g/mol. The van der Waals surface area contributed by atoms with Crippen molar-refractivity contribution in [1.29, 1.82) is 0 Å². The number of carbonyl (C=O) groups is 1. The molecule has 2 rings (SSSR count). The highest BCUT2D eigenvalue weighted by Crippen LogP contribution is 2.32. The molecule has 0 aliphatic carbocycles. The lowest BCUT2D eigenvalue weighted by Gasteiger charge is -1.94. The summed E-state index contributed by atoms with van der Waals surface area (Å²) in [5.41, 5.74) is -0.00519. The maximum Gasteiger partial charge on any atom is 0.356 e. The summed E-state index contributed by atoms with van der Waals surface area (Å²) < 4.78 is 4.44. The number of carboxylic acids is 1. The molecular weight excluding hydrogens is 245 g/mol. The first kappa shape index (κ1) is 9.71. The molecule has 0 spiro atoms. The number of benzene rings is 1. The summed E-state index contributed by atoms with van der Waals surface area (Å²) in [7, 11) is 0. The van der Waals surface area contributed by atoms with Crippen molar-refractivity contribution in [2.75, 3.05) is 0 Å². The molecule has 0 aliphatic rings. The maximum absolute atomic E-state index is 10.8. The molecule has 0 amide bonds. The van der Waals surface area contributed by atoms with Gasteiger partial charge in [0.1, 0.15) is 0 Å². The van der Waals surface area contributed by atoms with Crippen LogP contribution in [-0.4, -0.2) is 15.4 Å². The van der Waals surface area contributed by atoms with Gasteiger partial charge < -0.3 is 5.11 Å². The third-order valence-corrected chi connectivity index (χ3v) is 3.22. The fraction of sp³-hybridized carbons (Fsp3) is 0. The summed E-state index contributed by atoms with van der Waals surface area (Å²) in [6.07, 6.45) is 0. The standard InChI is InChI=1S/C8H3Cl2NO2S/c9-3-1-4-6(8(12)13)11-14-7(4)5(10)2-3/h1-2H,(H,12,13). The number of nitrogens with zero attached hydrogens (tertiary/aromatic N) is 1. The van der Waals surface area contributed by atoms with Gasteiger partial charge in [-0.2, -0.15) is 4.37 Å². The molecule has 0 radical (unpaired) electrons. The highest BCUT2D eigenvalue weighted by molar-refractivity contribution is 7.14. The molecule has 3 nitrogen and oxygen atoms in total. The average molecular weight is 248 g/mol. The van der Waals surface area contributed by atoms with Crippen molar-refractivity contribution in [3.63, 3.8) is 0 Å². The Labute approximate surface area is 93.0 Å². The van der Waals surface area contributed by atoms with Gasteiger partial charge in [-0.1, -0.05) is 23.2 Å². The zero-order chi connectivity index (χ0) is 10.3. The lowest BCUT2D eigenvalue weighted by Crippen LogP contribution is -1.95. The van der Waals surface area contributed by atoms with Crippen LogP contribution in [0.25, 0.3) is 10.1 Å². The van der Waals surface area contributed by atoms with Gasteiger partial charge in [0.25, 0.3) is 0 Å². The second-order valence-electron chi connectivity index (χ2n) is 2.60. The average Bonchev–Trinajstić information content (AvgIpc) is 2.47. The van der Waals surface area contributed by atoms with Gasteiger partial charge in [0.2, 0.25) is 0 Å². The number of rotatable bonds is 1. The van der Waals surface area contributed by atoms with Gasteiger partial charge in [-0.05, 0) is 23.7 Å². The van der Waals surface area contributed by atoms with Gasteiger partial charge in [-0.25, -0.2) is 4.79 Å². The fourth-order valence-electron chi connectivity index (χ4n) is 1.12. The normalized spacial score (nSPS) is 10.7. The second-order valence-corrected chi connectivity index (χ2v) is 4.22. The largest absolute Gasteiger partial charge is 0.476 e. The van der Waals surface area contributed by atoms with E-state index < -0.39 is 5.97 Å². The van der Waals surface area contributed by atoms with Crippen LogP contribution in [0.5, 0.6) is 0 Å². The number of aromatic carboxylic acids is 1. The van der Waals surface area contributed by atoms with Gasteiger partial charge in [0.15, 0.2) is 5.69 Å². The van der Waals surface area contributed by atoms with Gasteiger partial charge >= 0.3 is 5.97 Å². The van der Waals surface area contributed by atoms with Gasteiger partial charge in [0.05, 0.1) is 9.72 Å². The smallest absolute Gasteiger partial charge is 0.356 e.